The number of aliphatic hydroxyl groups is 2. The maximum absolute atomic E-state index is 14.8. The van der Waals surface area contributed by atoms with Gasteiger partial charge in [-0.25, -0.2) is 4.39 Å². The molecule has 0 amide bonds. The van der Waals surface area contributed by atoms with E-state index in [1.807, 2.05) is 18.2 Å². The first-order valence-electron chi connectivity index (χ1n) is 9.55. The van der Waals surface area contributed by atoms with Crippen molar-refractivity contribution in [1.29, 1.82) is 0 Å². The fourth-order valence-corrected chi connectivity index (χ4v) is 2.91. The molecule has 3 rings (SSSR count). The minimum absolute atomic E-state index is 0.0536. The first-order valence-corrected chi connectivity index (χ1v) is 9.55. The Hall–Kier alpha value is -2.89. The second-order valence-corrected chi connectivity index (χ2v) is 6.97. The van der Waals surface area contributed by atoms with Crippen LogP contribution >= 0.6 is 0 Å². The van der Waals surface area contributed by atoms with Crippen molar-refractivity contribution in [2.75, 3.05) is 13.2 Å². The minimum atomic E-state index is -0.311. The zero-order valence-corrected chi connectivity index (χ0v) is 16.5. The van der Waals surface area contributed by atoms with Crippen LogP contribution in [0.2, 0.25) is 0 Å². The van der Waals surface area contributed by atoms with E-state index in [1.54, 1.807) is 56.3 Å². The van der Waals surface area contributed by atoms with Gasteiger partial charge in [0.2, 0.25) is 0 Å². The third-order valence-electron chi connectivity index (χ3n) is 4.51. The molecule has 2 N–H and O–H groups in total. The Balaban J connectivity index is 1.76. The summed E-state index contributed by atoms with van der Waals surface area (Å²) in [5, 5.41) is 18.1. The van der Waals surface area contributed by atoms with E-state index < -0.39 is 0 Å². The van der Waals surface area contributed by atoms with Gasteiger partial charge in [-0.3, -0.25) is 0 Å². The van der Waals surface area contributed by atoms with E-state index >= 15 is 0 Å². The molecule has 3 aromatic carbocycles. The van der Waals surface area contributed by atoms with Gasteiger partial charge in [-0.05, 0) is 60.9 Å². The van der Waals surface area contributed by atoms with Crippen molar-refractivity contribution < 1.29 is 24.1 Å². The van der Waals surface area contributed by atoms with Crippen molar-refractivity contribution in [2.24, 2.45) is 0 Å². The van der Waals surface area contributed by atoms with Gasteiger partial charge in [0, 0.05) is 5.56 Å². The normalized spacial score (nSPS) is 13.0. The molecule has 29 heavy (non-hydrogen) atoms. The van der Waals surface area contributed by atoms with E-state index in [0.717, 1.165) is 16.7 Å². The molecule has 0 heterocycles. The lowest BCUT2D eigenvalue weighted by Crippen LogP contribution is -2.15. The Kier molecular flexibility index (Phi) is 6.86. The van der Waals surface area contributed by atoms with E-state index in [2.05, 4.69) is 0 Å². The van der Waals surface area contributed by atoms with E-state index in [9.17, 15) is 4.39 Å². The van der Waals surface area contributed by atoms with Gasteiger partial charge < -0.3 is 19.7 Å². The van der Waals surface area contributed by atoms with Crippen LogP contribution in [0.5, 0.6) is 11.5 Å². The standard InChI is InChI=1S/C24H25FO4/c1-16(14-26)28-21-8-3-18(4-9-21)20-7-12-23(24(25)13-20)19-5-10-22(11-6-19)29-17(2)15-27/h3-13,16-17,26-27H,14-15H2,1-2H3. The van der Waals surface area contributed by atoms with Gasteiger partial charge in [0.1, 0.15) is 29.5 Å². The van der Waals surface area contributed by atoms with Crippen molar-refractivity contribution in [2.45, 2.75) is 26.1 Å². The van der Waals surface area contributed by atoms with Crippen molar-refractivity contribution in [3.05, 3.63) is 72.5 Å². The predicted octanol–water partition coefficient (Wildman–Crippen LogP) is 4.68. The summed E-state index contributed by atoms with van der Waals surface area (Å²) < 4.78 is 25.8. The molecule has 0 radical (unpaired) electrons. The molecular formula is C24H25FO4. The highest BCUT2D eigenvalue weighted by Crippen LogP contribution is 2.30. The monoisotopic (exact) mass is 396 g/mol. The second kappa shape index (κ2) is 9.54. The summed E-state index contributed by atoms with van der Waals surface area (Å²) in [6.45, 7) is 3.44. The lowest BCUT2D eigenvalue weighted by Gasteiger charge is -2.13. The molecular weight excluding hydrogens is 371 g/mol. The summed E-state index contributed by atoms with van der Waals surface area (Å²) in [5.41, 5.74) is 2.90. The van der Waals surface area contributed by atoms with Crippen molar-refractivity contribution in [3.63, 3.8) is 0 Å². The first kappa shape index (κ1) is 20.8. The maximum atomic E-state index is 14.8. The zero-order chi connectivity index (χ0) is 20.8. The molecule has 0 aliphatic rings. The zero-order valence-electron chi connectivity index (χ0n) is 16.5. The molecule has 5 heteroatoms. The van der Waals surface area contributed by atoms with Gasteiger partial charge in [0.05, 0.1) is 13.2 Å². The molecule has 3 aromatic rings. The van der Waals surface area contributed by atoms with Crippen LogP contribution in [0.1, 0.15) is 13.8 Å². The van der Waals surface area contributed by atoms with E-state index in [1.165, 1.54) is 6.07 Å². The SMILES string of the molecule is CC(CO)Oc1ccc(-c2ccc(-c3ccc(OC(C)CO)cc3)c(F)c2)cc1. The Morgan fingerprint density at radius 3 is 1.59 bits per heavy atom. The highest BCUT2D eigenvalue weighted by Gasteiger charge is 2.09. The van der Waals surface area contributed by atoms with Crippen LogP contribution in [0.3, 0.4) is 0 Å². The number of hydrogen-bond donors (Lipinski definition) is 2. The summed E-state index contributed by atoms with van der Waals surface area (Å²) in [7, 11) is 0. The molecule has 2 unspecified atom stereocenters. The lowest BCUT2D eigenvalue weighted by atomic mass is 9.99. The van der Waals surface area contributed by atoms with Crippen LogP contribution in [0, 0.1) is 5.82 Å². The molecule has 0 saturated carbocycles. The van der Waals surface area contributed by atoms with Crippen LogP contribution in [0.15, 0.2) is 66.7 Å². The summed E-state index contributed by atoms with van der Waals surface area (Å²) in [6.07, 6.45) is -0.568. The molecule has 0 fully saturated rings. The van der Waals surface area contributed by atoms with E-state index in [0.29, 0.717) is 17.1 Å². The summed E-state index contributed by atoms with van der Waals surface area (Å²) >= 11 is 0. The van der Waals surface area contributed by atoms with Gasteiger partial charge in [0.15, 0.2) is 0 Å². The van der Waals surface area contributed by atoms with Crippen molar-refractivity contribution in [3.8, 4) is 33.8 Å². The van der Waals surface area contributed by atoms with Gasteiger partial charge in [-0.2, -0.15) is 0 Å². The first-order chi connectivity index (χ1) is 14.0. The molecule has 0 aliphatic carbocycles. The van der Waals surface area contributed by atoms with Gasteiger partial charge in [0.25, 0.3) is 0 Å². The molecule has 2 atom stereocenters. The number of rotatable bonds is 8. The van der Waals surface area contributed by atoms with Crippen LogP contribution in [-0.2, 0) is 0 Å². The molecule has 152 valence electrons. The Morgan fingerprint density at radius 1 is 0.690 bits per heavy atom. The van der Waals surface area contributed by atoms with Crippen molar-refractivity contribution in [1.82, 2.24) is 0 Å². The third kappa shape index (κ3) is 5.34. The summed E-state index contributed by atoms with van der Waals surface area (Å²) in [6, 6.07) is 19.6. The Morgan fingerprint density at radius 2 is 1.14 bits per heavy atom. The Bertz CT molecular complexity index is 923. The van der Waals surface area contributed by atoms with Gasteiger partial charge >= 0.3 is 0 Å². The second-order valence-electron chi connectivity index (χ2n) is 6.97. The average Bonchev–Trinajstić information content (AvgIpc) is 2.74. The number of ether oxygens (including phenoxy) is 2. The lowest BCUT2D eigenvalue weighted by molar-refractivity contribution is 0.130. The quantitative estimate of drug-likeness (QED) is 0.581. The highest BCUT2D eigenvalue weighted by molar-refractivity contribution is 5.71. The fourth-order valence-electron chi connectivity index (χ4n) is 2.91. The predicted molar refractivity (Wildman–Crippen MR) is 112 cm³/mol. The van der Waals surface area contributed by atoms with Crippen molar-refractivity contribution >= 4 is 0 Å². The highest BCUT2D eigenvalue weighted by atomic mass is 19.1. The molecule has 4 nitrogen and oxygen atoms in total. The summed E-state index contributed by atoms with van der Waals surface area (Å²) in [5.74, 6) is 0.976. The van der Waals surface area contributed by atoms with Crippen LogP contribution in [0.25, 0.3) is 22.3 Å². The molecule has 0 saturated heterocycles. The number of aliphatic hydroxyl groups excluding tert-OH is 2. The van der Waals surface area contributed by atoms with E-state index in [-0.39, 0.29) is 31.2 Å². The largest absolute Gasteiger partial charge is 0.488 e. The maximum Gasteiger partial charge on any atom is 0.131 e. The molecule has 0 spiro atoms. The minimum Gasteiger partial charge on any atom is -0.488 e. The molecule has 0 aromatic heterocycles. The summed E-state index contributed by atoms with van der Waals surface area (Å²) in [4.78, 5) is 0. The average molecular weight is 396 g/mol. The Labute approximate surface area is 170 Å². The van der Waals surface area contributed by atoms with Crippen LogP contribution in [0.4, 0.5) is 4.39 Å². The number of hydrogen-bond acceptors (Lipinski definition) is 4. The van der Waals surface area contributed by atoms with Gasteiger partial charge in [-0.15, -0.1) is 0 Å². The topological polar surface area (TPSA) is 58.9 Å². The molecule has 0 bridgehead atoms. The smallest absolute Gasteiger partial charge is 0.131 e. The number of halogens is 1. The number of benzene rings is 3. The third-order valence-corrected chi connectivity index (χ3v) is 4.51. The fraction of sp³-hybridized carbons (Fsp3) is 0.250. The molecule has 0 aliphatic heterocycles. The van der Waals surface area contributed by atoms with E-state index in [4.69, 9.17) is 19.7 Å². The van der Waals surface area contributed by atoms with Crippen LogP contribution in [-0.4, -0.2) is 35.6 Å². The van der Waals surface area contributed by atoms with Gasteiger partial charge in [-0.1, -0.05) is 36.4 Å². The van der Waals surface area contributed by atoms with Crippen LogP contribution < -0.4 is 9.47 Å².